The van der Waals surface area contributed by atoms with Gasteiger partial charge in [-0.2, -0.15) is 0 Å². The van der Waals surface area contributed by atoms with Crippen LogP contribution in [0.5, 0.6) is 0 Å². The number of carbonyl (C=O) groups excluding carboxylic acids is 1. The Hall–Kier alpha value is -0.264. The van der Waals surface area contributed by atoms with Crippen molar-refractivity contribution in [2.75, 3.05) is 0 Å². The molecule has 0 unspecified atom stereocenters. The molecule has 0 aromatic heterocycles. The van der Waals surface area contributed by atoms with Crippen LogP contribution in [0.4, 0.5) is 0 Å². The first kappa shape index (κ1) is 22.4. The van der Waals surface area contributed by atoms with Crippen molar-refractivity contribution in [3.63, 3.8) is 0 Å². The molecule has 1 heterocycles. The molecule has 0 N–H and O–H groups in total. The first-order chi connectivity index (χ1) is 13.0. The van der Waals surface area contributed by atoms with Crippen LogP contribution in [0.25, 0.3) is 0 Å². The van der Waals surface area contributed by atoms with E-state index in [0.717, 1.165) is 12.8 Å². The molecular formula is C22H34O3SSeSi. The van der Waals surface area contributed by atoms with Crippen LogP contribution in [-0.4, -0.2) is 45.5 Å². The Morgan fingerprint density at radius 2 is 1.93 bits per heavy atom. The molecule has 3 rings (SSSR count). The summed E-state index contributed by atoms with van der Waals surface area (Å²) in [7, 11) is -1.83. The number of benzene rings is 1. The van der Waals surface area contributed by atoms with E-state index in [-0.39, 0.29) is 27.3 Å². The molecule has 1 aliphatic heterocycles. The number of ether oxygens (including phenoxy) is 1. The summed E-state index contributed by atoms with van der Waals surface area (Å²) in [4.78, 5) is 12.2. The molecular weight excluding hydrogens is 451 g/mol. The minimum absolute atomic E-state index is 0.0404. The van der Waals surface area contributed by atoms with Crippen LogP contribution in [0.1, 0.15) is 53.4 Å². The molecule has 6 heteroatoms. The van der Waals surface area contributed by atoms with E-state index in [1.54, 1.807) is 0 Å². The zero-order chi connectivity index (χ0) is 20.6. The number of esters is 1. The van der Waals surface area contributed by atoms with Crippen LogP contribution in [0.2, 0.25) is 22.9 Å². The Labute approximate surface area is 182 Å². The molecule has 156 valence electrons. The zero-order valence-electron chi connectivity index (χ0n) is 18.0. The second kappa shape index (κ2) is 8.47. The van der Waals surface area contributed by atoms with Crippen molar-refractivity contribution in [3.8, 4) is 0 Å². The van der Waals surface area contributed by atoms with Crippen molar-refractivity contribution < 1.29 is 14.0 Å². The third-order valence-corrected chi connectivity index (χ3v) is 15.7. The van der Waals surface area contributed by atoms with Gasteiger partial charge in [-0.1, -0.05) is 0 Å². The van der Waals surface area contributed by atoms with Gasteiger partial charge in [0.05, 0.1) is 0 Å². The Bertz CT molecular complexity index is 691. The van der Waals surface area contributed by atoms with Gasteiger partial charge in [-0.3, -0.25) is 0 Å². The number of rotatable bonds is 5. The Morgan fingerprint density at radius 3 is 2.54 bits per heavy atom. The van der Waals surface area contributed by atoms with Gasteiger partial charge >= 0.3 is 182 Å². The molecule has 1 spiro atoms. The van der Waals surface area contributed by atoms with Crippen molar-refractivity contribution in [1.29, 1.82) is 0 Å². The molecule has 28 heavy (non-hydrogen) atoms. The summed E-state index contributed by atoms with van der Waals surface area (Å²) in [6.45, 7) is 13.2. The van der Waals surface area contributed by atoms with Gasteiger partial charge in [-0.25, -0.2) is 0 Å². The number of hydrogen-bond donors (Lipinski definition) is 0. The standard InChI is InChI=1S/C22H34O3SSeSi/c1-16(23)24-20-18(27-17-11-8-7-9-12-17)15-22(26-20)14-10-13-19(22)25-28(5,6)21(2,3)4/h7-9,11-12,18-20H,10,13-15H2,1-6H3/t18-,19+,20+,22+/m1/s1. The summed E-state index contributed by atoms with van der Waals surface area (Å²) in [5.74, 6) is -0.164. The van der Waals surface area contributed by atoms with E-state index in [9.17, 15) is 4.79 Å². The topological polar surface area (TPSA) is 35.5 Å². The van der Waals surface area contributed by atoms with Crippen LogP contribution in [-0.2, 0) is 14.0 Å². The van der Waals surface area contributed by atoms with Gasteiger partial charge in [0.25, 0.3) is 0 Å². The minimum atomic E-state index is -1.83. The molecule has 1 saturated heterocycles. The molecule has 1 aliphatic carbocycles. The van der Waals surface area contributed by atoms with Gasteiger partial charge in [-0.15, -0.1) is 0 Å². The average molecular weight is 486 g/mol. The fraction of sp³-hybridized carbons (Fsp3) is 0.682. The van der Waals surface area contributed by atoms with Gasteiger partial charge in [0.15, 0.2) is 0 Å². The van der Waals surface area contributed by atoms with Crippen molar-refractivity contribution in [2.24, 2.45) is 0 Å². The fourth-order valence-corrected chi connectivity index (χ4v) is 10.6. The summed E-state index contributed by atoms with van der Waals surface area (Å²) >= 11 is 2.20. The summed E-state index contributed by atoms with van der Waals surface area (Å²) in [5.41, 5.74) is -0.0404. The molecule has 2 fully saturated rings. The van der Waals surface area contributed by atoms with E-state index < -0.39 is 8.32 Å². The Kier molecular flexibility index (Phi) is 6.78. The van der Waals surface area contributed by atoms with Crippen LogP contribution >= 0.6 is 11.8 Å². The van der Waals surface area contributed by atoms with Gasteiger partial charge < -0.3 is 0 Å². The maximum absolute atomic E-state index is 11.8. The molecule has 1 aromatic rings. The van der Waals surface area contributed by atoms with Crippen LogP contribution in [0, 0.1) is 0 Å². The van der Waals surface area contributed by atoms with Gasteiger partial charge in [0.2, 0.25) is 0 Å². The number of carbonyl (C=O) groups is 1. The van der Waals surface area contributed by atoms with E-state index in [0.29, 0.717) is 19.8 Å². The van der Waals surface area contributed by atoms with Gasteiger partial charge in [-0.05, 0) is 0 Å². The van der Waals surface area contributed by atoms with Crippen molar-refractivity contribution in [1.82, 2.24) is 0 Å². The third-order valence-electron chi connectivity index (χ3n) is 6.41. The summed E-state index contributed by atoms with van der Waals surface area (Å²) in [6, 6.07) is 10.7. The normalized spacial score (nSPS) is 30.7. The van der Waals surface area contributed by atoms with E-state index in [1.165, 1.54) is 24.2 Å². The number of thioether (sulfide) groups is 1. The quantitative estimate of drug-likeness (QED) is 0.427. The Balaban J connectivity index is 1.81. The molecule has 2 aliphatic rings. The molecule has 0 amide bonds. The zero-order valence-corrected chi connectivity index (χ0v) is 21.5. The van der Waals surface area contributed by atoms with E-state index in [2.05, 4.69) is 64.2 Å². The van der Waals surface area contributed by atoms with E-state index in [4.69, 9.17) is 9.16 Å². The first-order valence-electron chi connectivity index (χ1n) is 10.3. The van der Waals surface area contributed by atoms with Crippen LogP contribution in [0.15, 0.2) is 30.3 Å². The van der Waals surface area contributed by atoms with Crippen LogP contribution in [0.3, 0.4) is 0 Å². The summed E-state index contributed by atoms with van der Waals surface area (Å²) in [6.07, 6.45) is 4.91. The average Bonchev–Trinajstić information content (AvgIpc) is 3.11. The molecule has 3 nitrogen and oxygen atoms in total. The molecule has 4 atom stereocenters. The fourth-order valence-electron chi connectivity index (χ4n) is 3.90. The van der Waals surface area contributed by atoms with E-state index in [1.807, 2.05) is 11.8 Å². The molecule has 1 saturated carbocycles. The van der Waals surface area contributed by atoms with Crippen molar-refractivity contribution in [3.05, 3.63) is 30.3 Å². The van der Waals surface area contributed by atoms with Crippen molar-refractivity contribution >= 4 is 45.5 Å². The van der Waals surface area contributed by atoms with Crippen molar-refractivity contribution in [2.45, 2.75) is 92.6 Å². The SMILES string of the molecule is CC(=O)O[C@H]1S[C@@]2(CCC[C@@H]2O[Si](C)(C)C(C)(C)C)C[C@H]1[Se]c1ccccc1. The van der Waals surface area contributed by atoms with E-state index >= 15 is 0 Å². The van der Waals surface area contributed by atoms with Gasteiger partial charge in [0, 0.05) is 0 Å². The van der Waals surface area contributed by atoms with Crippen LogP contribution < -0.4 is 4.46 Å². The summed E-state index contributed by atoms with van der Waals surface area (Å²) < 4.78 is 14.3. The maximum atomic E-state index is 11.8. The molecule has 1 aromatic carbocycles. The monoisotopic (exact) mass is 486 g/mol. The first-order valence-corrected chi connectivity index (χ1v) is 15.9. The predicted molar refractivity (Wildman–Crippen MR) is 122 cm³/mol. The Morgan fingerprint density at radius 1 is 1.25 bits per heavy atom. The van der Waals surface area contributed by atoms with Gasteiger partial charge in [0.1, 0.15) is 0 Å². The second-order valence-electron chi connectivity index (χ2n) is 9.59. The predicted octanol–water partition coefficient (Wildman–Crippen LogP) is 5.14. The summed E-state index contributed by atoms with van der Waals surface area (Å²) in [5, 5.41) is 0.211. The molecule has 0 bridgehead atoms. The number of hydrogen-bond acceptors (Lipinski definition) is 4. The second-order valence-corrected chi connectivity index (χ2v) is 18.6. The third kappa shape index (κ3) is 4.89. The molecule has 0 radical (unpaired) electrons.